The smallest absolute Gasteiger partial charge is 0.137 e. The Morgan fingerprint density at radius 2 is 0.831 bits per heavy atom. The Kier molecular flexibility index (Phi) is 7.69. The van der Waals surface area contributed by atoms with Crippen LogP contribution in [0.25, 0.3) is 33.1 Å². The van der Waals surface area contributed by atoms with E-state index in [9.17, 15) is 0 Å². The molecular formula is C55H36N2OS. The van der Waals surface area contributed by atoms with Crippen LogP contribution in [0.1, 0.15) is 22.3 Å². The number of hydrogen-bond donors (Lipinski definition) is 0. The molecule has 4 heteroatoms. The third-order valence-corrected chi connectivity index (χ3v) is 13.3. The van der Waals surface area contributed by atoms with Crippen LogP contribution in [0.15, 0.2) is 233 Å². The molecule has 2 heterocycles. The van der Waals surface area contributed by atoms with Gasteiger partial charge in [-0.25, -0.2) is 0 Å². The summed E-state index contributed by atoms with van der Waals surface area (Å²) in [7, 11) is 0. The van der Waals surface area contributed by atoms with Crippen LogP contribution in [0, 0.1) is 0 Å². The molecule has 10 aromatic rings. The maximum Gasteiger partial charge on any atom is 0.137 e. The summed E-state index contributed by atoms with van der Waals surface area (Å²) in [6.45, 7) is 0. The van der Waals surface area contributed by atoms with Crippen molar-refractivity contribution in [3.05, 3.63) is 241 Å². The van der Waals surface area contributed by atoms with Gasteiger partial charge < -0.3 is 14.2 Å². The highest BCUT2D eigenvalue weighted by Gasteiger charge is 2.50. The first kappa shape index (κ1) is 33.8. The molecule has 0 fully saturated rings. The Morgan fingerprint density at radius 1 is 0.339 bits per heavy atom. The zero-order valence-corrected chi connectivity index (χ0v) is 32.8. The summed E-state index contributed by atoms with van der Waals surface area (Å²) in [4.78, 5) is 7.36. The predicted molar refractivity (Wildman–Crippen MR) is 245 cm³/mol. The first-order chi connectivity index (χ1) is 29.3. The van der Waals surface area contributed by atoms with Gasteiger partial charge in [-0.2, -0.15) is 0 Å². The second-order valence-electron chi connectivity index (χ2n) is 15.2. The normalized spacial score (nSPS) is 13.2. The van der Waals surface area contributed by atoms with Gasteiger partial charge in [-0.3, -0.25) is 0 Å². The number of benzene rings is 9. The highest BCUT2D eigenvalue weighted by Crippen LogP contribution is 2.63. The lowest BCUT2D eigenvalue weighted by molar-refractivity contribution is 0.669. The van der Waals surface area contributed by atoms with Crippen molar-refractivity contribution in [3.63, 3.8) is 0 Å². The van der Waals surface area contributed by atoms with Crippen molar-refractivity contribution in [2.24, 2.45) is 0 Å². The highest BCUT2D eigenvalue weighted by atomic mass is 32.2. The fourth-order valence-electron chi connectivity index (χ4n) is 9.69. The molecule has 1 aliphatic carbocycles. The lowest BCUT2D eigenvalue weighted by atomic mass is 9.67. The Balaban J connectivity index is 1.15. The van der Waals surface area contributed by atoms with Crippen LogP contribution in [-0.4, -0.2) is 0 Å². The minimum atomic E-state index is -0.506. The van der Waals surface area contributed by atoms with Gasteiger partial charge in [0.05, 0.1) is 16.8 Å². The summed E-state index contributed by atoms with van der Waals surface area (Å²) in [6.07, 6.45) is 0. The van der Waals surface area contributed by atoms with Crippen molar-refractivity contribution in [3.8, 4) is 11.1 Å². The third kappa shape index (κ3) is 5.10. The second-order valence-corrected chi connectivity index (χ2v) is 16.3. The number of anilines is 6. The molecule has 1 aliphatic heterocycles. The lowest BCUT2D eigenvalue weighted by Gasteiger charge is -2.40. The fraction of sp³-hybridized carbons (Fsp3) is 0.0182. The molecule has 1 spiro atoms. The lowest BCUT2D eigenvalue weighted by Crippen LogP contribution is -2.32. The summed E-state index contributed by atoms with van der Waals surface area (Å²) < 4.78 is 6.58. The van der Waals surface area contributed by atoms with Crippen LogP contribution in [-0.2, 0) is 5.41 Å². The van der Waals surface area contributed by atoms with Crippen molar-refractivity contribution in [2.45, 2.75) is 15.2 Å². The van der Waals surface area contributed by atoms with E-state index in [0.29, 0.717) is 0 Å². The van der Waals surface area contributed by atoms with Gasteiger partial charge in [0.15, 0.2) is 0 Å². The molecule has 0 unspecified atom stereocenters. The zero-order chi connectivity index (χ0) is 38.9. The second kappa shape index (κ2) is 13.4. The first-order valence-corrected chi connectivity index (χ1v) is 20.9. The number of fused-ring (bicyclic) bond motifs is 12. The largest absolute Gasteiger partial charge is 0.456 e. The standard InChI is InChI=1S/C55H36N2OS/c1-3-17-37(18-4-1)56(38-19-5-2-6-20-38)49-26-12-13-27-50(49)57(40-32-34-44-43-22-8-14-28-51(43)58-52(44)36-40)39-31-33-42-41-21-7-9-23-45(41)55(48(42)35-39)46-24-10-15-29-53(46)59-54-30-16-11-25-47(54)55/h1-36H. The van der Waals surface area contributed by atoms with Crippen LogP contribution < -0.4 is 9.80 Å². The van der Waals surface area contributed by atoms with Gasteiger partial charge in [0, 0.05) is 49.4 Å². The van der Waals surface area contributed by atoms with E-state index in [1.807, 2.05) is 17.8 Å². The molecule has 59 heavy (non-hydrogen) atoms. The maximum atomic E-state index is 6.58. The molecule has 0 atom stereocenters. The van der Waals surface area contributed by atoms with Gasteiger partial charge in [0.25, 0.3) is 0 Å². The van der Waals surface area contributed by atoms with Crippen LogP contribution in [0.4, 0.5) is 34.1 Å². The van der Waals surface area contributed by atoms with Crippen LogP contribution in [0.3, 0.4) is 0 Å². The number of hydrogen-bond acceptors (Lipinski definition) is 4. The summed E-state index contributed by atoms with van der Waals surface area (Å²) in [6, 6.07) is 79.2. The Morgan fingerprint density at radius 3 is 1.53 bits per heavy atom. The van der Waals surface area contributed by atoms with Gasteiger partial charge >= 0.3 is 0 Å². The molecule has 2 aliphatic rings. The van der Waals surface area contributed by atoms with Gasteiger partial charge in [-0.05, 0) is 112 Å². The van der Waals surface area contributed by atoms with Crippen LogP contribution >= 0.6 is 11.8 Å². The summed E-state index contributed by atoms with van der Waals surface area (Å²) in [5, 5.41) is 2.22. The van der Waals surface area contributed by atoms with Gasteiger partial charge in [0.1, 0.15) is 11.2 Å². The third-order valence-electron chi connectivity index (χ3n) is 12.1. The number of rotatable bonds is 6. The van der Waals surface area contributed by atoms with E-state index < -0.39 is 5.41 Å². The number of furan rings is 1. The van der Waals surface area contributed by atoms with Crippen molar-refractivity contribution in [1.29, 1.82) is 0 Å². The molecule has 0 amide bonds. The number of nitrogens with zero attached hydrogens (tertiary/aromatic N) is 2. The molecule has 9 aromatic carbocycles. The zero-order valence-electron chi connectivity index (χ0n) is 32.0. The molecule has 0 saturated carbocycles. The average molecular weight is 773 g/mol. The SMILES string of the molecule is c1ccc(N(c2ccccc2)c2ccccc2N(c2ccc3c(c2)C2(c4ccccc4Sc4ccccc42)c2ccccc2-3)c2ccc3c(c2)oc2ccccc23)cc1. The van der Waals surface area contributed by atoms with Gasteiger partial charge in [-0.1, -0.05) is 145 Å². The van der Waals surface area contributed by atoms with E-state index in [1.165, 1.54) is 43.2 Å². The van der Waals surface area contributed by atoms with E-state index >= 15 is 0 Å². The van der Waals surface area contributed by atoms with E-state index in [-0.39, 0.29) is 0 Å². The van der Waals surface area contributed by atoms with Gasteiger partial charge in [0.2, 0.25) is 0 Å². The Labute approximate surface area is 347 Å². The van der Waals surface area contributed by atoms with E-state index in [0.717, 1.165) is 56.1 Å². The maximum absolute atomic E-state index is 6.58. The van der Waals surface area contributed by atoms with Crippen molar-refractivity contribution in [1.82, 2.24) is 0 Å². The quantitative estimate of drug-likeness (QED) is 0.168. The van der Waals surface area contributed by atoms with Crippen molar-refractivity contribution < 1.29 is 4.42 Å². The highest BCUT2D eigenvalue weighted by molar-refractivity contribution is 7.99. The molecule has 12 rings (SSSR count). The van der Waals surface area contributed by atoms with Crippen LogP contribution in [0.5, 0.6) is 0 Å². The molecule has 0 N–H and O–H groups in total. The van der Waals surface area contributed by atoms with Crippen molar-refractivity contribution >= 4 is 67.8 Å². The molecule has 1 aromatic heterocycles. The molecule has 0 bridgehead atoms. The molecular weight excluding hydrogens is 737 g/mol. The van der Waals surface area contributed by atoms with Crippen LogP contribution in [0.2, 0.25) is 0 Å². The van der Waals surface area contributed by atoms with E-state index in [1.54, 1.807) is 0 Å². The molecule has 0 saturated heterocycles. The van der Waals surface area contributed by atoms with E-state index in [2.05, 4.69) is 222 Å². The van der Waals surface area contributed by atoms with Gasteiger partial charge in [-0.15, -0.1) is 0 Å². The minimum absolute atomic E-state index is 0.506. The summed E-state index contributed by atoms with van der Waals surface area (Å²) >= 11 is 1.87. The fourth-order valence-corrected chi connectivity index (χ4v) is 10.9. The molecule has 3 nitrogen and oxygen atoms in total. The number of para-hydroxylation sites is 5. The summed E-state index contributed by atoms with van der Waals surface area (Å²) in [5.41, 5.74) is 15.3. The summed E-state index contributed by atoms with van der Waals surface area (Å²) in [5.74, 6) is 0. The minimum Gasteiger partial charge on any atom is -0.456 e. The average Bonchev–Trinajstić information content (AvgIpc) is 3.81. The molecule has 0 radical (unpaired) electrons. The Bertz CT molecular complexity index is 3140. The van der Waals surface area contributed by atoms with E-state index in [4.69, 9.17) is 4.42 Å². The first-order valence-electron chi connectivity index (χ1n) is 20.1. The monoisotopic (exact) mass is 772 g/mol. The Hall–Kier alpha value is -7.27. The van der Waals surface area contributed by atoms with Crippen molar-refractivity contribution in [2.75, 3.05) is 9.80 Å². The topological polar surface area (TPSA) is 19.6 Å². The molecule has 278 valence electrons. The predicted octanol–water partition coefficient (Wildman–Crippen LogP) is 15.4.